The number of para-hydroxylation sites is 1. The minimum Gasteiger partial charge on any atom is -0.248 e. The summed E-state index contributed by atoms with van der Waals surface area (Å²) in [6.45, 7) is 0. The summed E-state index contributed by atoms with van der Waals surface area (Å²) in [5, 5.41) is 2.08. The third-order valence-electron chi connectivity index (χ3n) is 3.92. The maximum absolute atomic E-state index is 4.72. The van der Waals surface area contributed by atoms with Gasteiger partial charge in [-0.1, -0.05) is 30.3 Å². The zero-order valence-corrected chi connectivity index (χ0v) is 10.6. The van der Waals surface area contributed by atoms with Crippen LogP contribution in [0.3, 0.4) is 0 Å². The first kappa shape index (κ1) is 10.1. The molecular formula is C18H9N2. The zero-order valence-electron chi connectivity index (χ0n) is 10.6. The fourth-order valence-electron chi connectivity index (χ4n) is 2.99. The van der Waals surface area contributed by atoms with E-state index in [2.05, 4.69) is 42.5 Å². The van der Waals surface area contributed by atoms with Crippen molar-refractivity contribution in [1.82, 2.24) is 0 Å². The van der Waals surface area contributed by atoms with Crippen LogP contribution in [-0.2, 0) is 0 Å². The normalized spacial score (nSPS) is 12.8. The molecule has 20 heavy (non-hydrogen) atoms. The van der Waals surface area contributed by atoms with Crippen molar-refractivity contribution >= 4 is 11.4 Å². The van der Waals surface area contributed by atoms with Gasteiger partial charge in [-0.3, -0.25) is 0 Å². The monoisotopic (exact) mass is 253 g/mol. The summed E-state index contributed by atoms with van der Waals surface area (Å²) in [6.07, 6.45) is 0. The number of nitrogens with zero attached hydrogens (tertiary/aromatic N) is 2. The summed E-state index contributed by atoms with van der Waals surface area (Å²) in [4.78, 5) is 9.41. The molecule has 0 amide bonds. The fraction of sp³-hybridized carbons (Fsp3) is 0. The van der Waals surface area contributed by atoms with Crippen molar-refractivity contribution in [2.45, 2.75) is 0 Å². The van der Waals surface area contributed by atoms with E-state index in [0.717, 1.165) is 22.1 Å². The number of hydrogen-bond donors (Lipinski definition) is 0. The molecule has 0 atom stereocenters. The van der Waals surface area contributed by atoms with Gasteiger partial charge in [-0.15, -0.1) is 0 Å². The van der Waals surface area contributed by atoms with E-state index in [1.54, 1.807) is 0 Å². The van der Waals surface area contributed by atoms with Gasteiger partial charge in [0.1, 0.15) is 0 Å². The van der Waals surface area contributed by atoms with Crippen LogP contribution in [0.1, 0.15) is 0 Å². The minimum atomic E-state index is 0.999. The molecule has 0 fully saturated rings. The topological polar surface area (TPSA) is 24.7 Å². The van der Waals surface area contributed by atoms with Crippen LogP contribution in [-0.4, -0.2) is 0 Å². The van der Waals surface area contributed by atoms with E-state index in [4.69, 9.17) is 9.98 Å². The Hall–Kier alpha value is -2.74. The highest BCUT2D eigenvalue weighted by Gasteiger charge is 2.18. The van der Waals surface area contributed by atoms with Crippen LogP contribution in [0.5, 0.6) is 0 Å². The van der Waals surface area contributed by atoms with Gasteiger partial charge >= 0.3 is 0 Å². The second-order valence-electron chi connectivity index (χ2n) is 5.07. The van der Waals surface area contributed by atoms with Crippen LogP contribution < -0.4 is 10.7 Å². The molecule has 3 aromatic rings. The average Bonchev–Trinajstić information content (AvgIpc) is 3.02. The molecule has 3 aromatic carbocycles. The number of rotatable bonds is 0. The average molecular weight is 253 g/mol. The first-order valence-corrected chi connectivity index (χ1v) is 6.61. The molecule has 91 valence electrons. The highest BCUT2D eigenvalue weighted by Crippen LogP contribution is 2.35. The molecule has 0 unspecified atom stereocenters. The SMILES string of the molecule is [c]1ccc2c(c1)N=c1cc3c(cc1-2)=Nc1ccccc1-3. The van der Waals surface area contributed by atoms with Crippen LogP contribution in [0.4, 0.5) is 11.4 Å². The molecule has 2 aliphatic rings. The molecule has 2 aliphatic heterocycles. The van der Waals surface area contributed by atoms with Gasteiger partial charge in [-0.25, -0.2) is 9.98 Å². The summed E-state index contributed by atoms with van der Waals surface area (Å²) >= 11 is 0. The smallest absolute Gasteiger partial charge is 0.0724 e. The lowest BCUT2D eigenvalue weighted by molar-refractivity contribution is 1.37. The van der Waals surface area contributed by atoms with Gasteiger partial charge in [0.25, 0.3) is 0 Å². The largest absolute Gasteiger partial charge is 0.248 e. The maximum Gasteiger partial charge on any atom is 0.0724 e. The molecule has 0 spiro atoms. The molecule has 2 heteroatoms. The first-order chi connectivity index (χ1) is 9.90. The van der Waals surface area contributed by atoms with Crippen LogP contribution in [0, 0.1) is 6.07 Å². The Morgan fingerprint density at radius 3 is 2.25 bits per heavy atom. The van der Waals surface area contributed by atoms with E-state index in [9.17, 15) is 0 Å². The number of hydrogen-bond acceptors (Lipinski definition) is 2. The van der Waals surface area contributed by atoms with Gasteiger partial charge in [0, 0.05) is 22.3 Å². The summed E-state index contributed by atoms with van der Waals surface area (Å²) in [6, 6.07) is 21.6. The highest BCUT2D eigenvalue weighted by molar-refractivity contribution is 5.84. The Kier molecular flexibility index (Phi) is 1.73. The summed E-state index contributed by atoms with van der Waals surface area (Å²) in [7, 11) is 0. The highest BCUT2D eigenvalue weighted by atomic mass is 14.8. The standard InChI is InChI=1S/C18H9N2/c1-3-7-15-11(5-1)13-9-18-14(10-17(13)19-15)12-6-2-4-8-16(12)20-18/h1-3,5-10H. The molecular weight excluding hydrogens is 244 g/mol. The van der Waals surface area contributed by atoms with E-state index in [1.807, 2.05) is 18.2 Å². The van der Waals surface area contributed by atoms with Gasteiger partial charge in [0.05, 0.1) is 22.1 Å². The van der Waals surface area contributed by atoms with Gasteiger partial charge in [-0.2, -0.15) is 0 Å². The molecule has 0 aliphatic carbocycles. The molecule has 0 saturated heterocycles. The van der Waals surface area contributed by atoms with Crippen LogP contribution in [0.15, 0.2) is 64.6 Å². The minimum absolute atomic E-state index is 0.999. The molecule has 0 aromatic heterocycles. The van der Waals surface area contributed by atoms with E-state index < -0.39 is 0 Å². The van der Waals surface area contributed by atoms with Crippen molar-refractivity contribution in [3.63, 3.8) is 0 Å². The Morgan fingerprint density at radius 1 is 0.700 bits per heavy atom. The van der Waals surface area contributed by atoms with Gasteiger partial charge < -0.3 is 0 Å². The second kappa shape index (κ2) is 3.42. The Morgan fingerprint density at radius 2 is 1.40 bits per heavy atom. The first-order valence-electron chi connectivity index (χ1n) is 6.61. The Balaban J connectivity index is 1.88. The Labute approximate surface area is 115 Å². The van der Waals surface area contributed by atoms with Crippen LogP contribution >= 0.6 is 0 Å². The lowest BCUT2D eigenvalue weighted by atomic mass is 10.0. The summed E-state index contributed by atoms with van der Waals surface area (Å²) < 4.78 is 0. The lowest BCUT2D eigenvalue weighted by Crippen LogP contribution is -2.11. The van der Waals surface area contributed by atoms with Gasteiger partial charge in [-0.05, 0) is 30.3 Å². The predicted octanol–water partition coefficient (Wildman–Crippen LogP) is 3.35. The third-order valence-corrected chi connectivity index (χ3v) is 3.92. The summed E-state index contributed by atoms with van der Waals surface area (Å²) in [5.74, 6) is 0. The molecule has 2 heterocycles. The van der Waals surface area contributed by atoms with Crippen molar-refractivity contribution in [1.29, 1.82) is 0 Å². The van der Waals surface area contributed by atoms with Crippen molar-refractivity contribution in [3.8, 4) is 22.3 Å². The zero-order chi connectivity index (χ0) is 13.1. The number of fused-ring (bicyclic) bond motifs is 6. The van der Waals surface area contributed by atoms with E-state index in [-0.39, 0.29) is 0 Å². The third kappa shape index (κ3) is 1.18. The van der Waals surface area contributed by atoms with E-state index >= 15 is 0 Å². The fourth-order valence-corrected chi connectivity index (χ4v) is 2.99. The molecule has 0 bridgehead atoms. The molecule has 0 saturated carbocycles. The van der Waals surface area contributed by atoms with E-state index in [0.29, 0.717) is 0 Å². The number of benzene rings is 3. The van der Waals surface area contributed by atoms with Gasteiger partial charge in [0.15, 0.2) is 0 Å². The van der Waals surface area contributed by atoms with Crippen LogP contribution in [0.2, 0.25) is 0 Å². The van der Waals surface area contributed by atoms with Crippen LogP contribution in [0.25, 0.3) is 22.3 Å². The van der Waals surface area contributed by atoms with Crippen molar-refractivity contribution in [3.05, 3.63) is 71.4 Å². The molecule has 2 nitrogen and oxygen atoms in total. The van der Waals surface area contributed by atoms with Crippen molar-refractivity contribution < 1.29 is 0 Å². The lowest BCUT2D eigenvalue weighted by Gasteiger charge is -2.00. The van der Waals surface area contributed by atoms with E-state index in [1.165, 1.54) is 22.3 Å². The van der Waals surface area contributed by atoms with Crippen molar-refractivity contribution in [2.75, 3.05) is 0 Å². The predicted molar refractivity (Wildman–Crippen MR) is 77.8 cm³/mol. The molecule has 5 rings (SSSR count). The Bertz CT molecular complexity index is 917. The molecule has 1 radical (unpaired) electrons. The quantitative estimate of drug-likeness (QED) is 0.404. The van der Waals surface area contributed by atoms with Crippen molar-refractivity contribution in [2.24, 2.45) is 9.98 Å². The second-order valence-corrected chi connectivity index (χ2v) is 5.07. The maximum atomic E-state index is 4.72. The summed E-state index contributed by atoms with van der Waals surface area (Å²) in [5.41, 5.74) is 6.77. The van der Waals surface area contributed by atoms with Gasteiger partial charge in [0.2, 0.25) is 0 Å². The molecule has 0 N–H and O–H groups in total.